The highest BCUT2D eigenvalue weighted by Gasteiger charge is 2.32. The lowest BCUT2D eigenvalue weighted by Crippen LogP contribution is -2.51. The van der Waals surface area contributed by atoms with Gasteiger partial charge in [-0.1, -0.05) is 87.4 Å². The van der Waals surface area contributed by atoms with E-state index in [1.54, 1.807) is 43.3 Å². The Kier molecular flexibility index (Phi) is 10.7. The predicted molar refractivity (Wildman–Crippen MR) is 165 cm³/mol. The van der Waals surface area contributed by atoms with E-state index in [0.717, 1.165) is 26.6 Å². The van der Waals surface area contributed by atoms with Gasteiger partial charge in [0, 0.05) is 13.1 Å². The summed E-state index contributed by atoms with van der Waals surface area (Å²) < 4.78 is 29.1. The van der Waals surface area contributed by atoms with E-state index in [-0.39, 0.29) is 29.2 Å². The normalized spacial score (nSPS) is 12.3. The van der Waals surface area contributed by atoms with Crippen molar-refractivity contribution in [1.82, 2.24) is 10.2 Å². The van der Waals surface area contributed by atoms with Gasteiger partial charge in [-0.05, 0) is 68.0 Å². The van der Waals surface area contributed by atoms with Crippen molar-refractivity contribution < 1.29 is 18.0 Å². The highest BCUT2D eigenvalue weighted by atomic mass is 32.2. The maximum absolute atomic E-state index is 14.0. The van der Waals surface area contributed by atoms with Gasteiger partial charge in [0.25, 0.3) is 10.0 Å². The molecule has 8 heteroatoms. The molecule has 1 atom stereocenters. The van der Waals surface area contributed by atoms with Crippen LogP contribution in [0.3, 0.4) is 0 Å². The average Bonchev–Trinajstić information content (AvgIpc) is 2.93. The molecule has 41 heavy (non-hydrogen) atoms. The molecule has 1 N–H and O–H groups in total. The van der Waals surface area contributed by atoms with Crippen molar-refractivity contribution in [2.75, 3.05) is 17.4 Å². The Morgan fingerprint density at radius 1 is 0.829 bits per heavy atom. The van der Waals surface area contributed by atoms with Crippen LogP contribution in [0.25, 0.3) is 0 Å². The molecule has 0 saturated carbocycles. The lowest BCUT2D eigenvalue weighted by atomic mass is 10.0. The van der Waals surface area contributed by atoms with Gasteiger partial charge < -0.3 is 10.2 Å². The number of carbonyl (C=O) groups excluding carboxylic acids is 2. The number of hydrogen-bond donors (Lipinski definition) is 1. The highest BCUT2D eigenvalue weighted by Crippen LogP contribution is 2.27. The average molecular weight is 578 g/mol. The summed E-state index contributed by atoms with van der Waals surface area (Å²) in [6.45, 7) is 13.8. The fraction of sp³-hybridized carbons (Fsp3) is 0.394. The van der Waals surface area contributed by atoms with Crippen LogP contribution in [0, 0.1) is 19.8 Å². The number of nitrogens with zero attached hydrogens (tertiary/aromatic N) is 2. The Balaban J connectivity index is 2.03. The topological polar surface area (TPSA) is 86.8 Å². The smallest absolute Gasteiger partial charge is 0.264 e. The molecule has 0 saturated heterocycles. The highest BCUT2D eigenvalue weighted by molar-refractivity contribution is 7.92. The summed E-state index contributed by atoms with van der Waals surface area (Å²) >= 11 is 0. The number of hydrogen-bond acceptors (Lipinski definition) is 4. The first-order valence-corrected chi connectivity index (χ1v) is 15.6. The van der Waals surface area contributed by atoms with Crippen LogP contribution in [0.15, 0.2) is 77.7 Å². The van der Waals surface area contributed by atoms with E-state index in [9.17, 15) is 18.0 Å². The number of benzene rings is 3. The minimum atomic E-state index is -4.09. The number of anilines is 1. The maximum atomic E-state index is 14.0. The van der Waals surface area contributed by atoms with Gasteiger partial charge in [0.2, 0.25) is 11.8 Å². The first-order valence-electron chi connectivity index (χ1n) is 14.1. The van der Waals surface area contributed by atoms with Crippen LogP contribution >= 0.6 is 0 Å². The molecule has 0 aliphatic heterocycles. The van der Waals surface area contributed by atoms with Crippen molar-refractivity contribution in [2.24, 2.45) is 5.92 Å². The third kappa shape index (κ3) is 8.43. The molecule has 0 spiro atoms. The van der Waals surface area contributed by atoms with Crippen LogP contribution in [-0.2, 0) is 26.2 Å². The number of nitrogens with one attached hydrogen (secondary N) is 1. The van der Waals surface area contributed by atoms with E-state index in [0.29, 0.717) is 12.2 Å². The number of aryl methyl sites for hydroxylation is 2. The molecule has 0 unspecified atom stereocenters. The maximum Gasteiger partial charge on any atom is 0.264 e. The Hall–Kier alpha value is -3.65. The largest absolute Gasteiger partial charge is 0.354 e. The fourth-order valence-electron chi connectivity index (χ4n) is 4.43. The number of carbonyl (C=O) groups is 2. The first-order chi connectivity index (χ1) is 19.3. The van der Waals surface area contributed by atoms with Gasteiger partial charge in [-0.2, -0.15) is 0 Å². The Labute approximate surface area is 245 Å². The molecule has 0 radical (unpaired) electrons. The molecule has 2 amide bonds. The van der Waals surface area contributed by atoms with Gasteiger partial charge in [-0.3, -0.25) is 13.9 Å². The lowest BCUT2D eigenvalue weighted by Gasteiger charge is -2.32. The molecule has 220 valence electrons. The zero-order valence-corrected chi connectivity index (χ0v) is 26.0. The quantitative estimate of drug-likeness (QED) is 0.294. The second kappa shape index (κ2) is 13.8. The van der Waals surface area contributed by atoms with Gasteiger partial charge in [0.1, 0.15) is 12.6 Å². The van der Waals surface area contributed by atoms with Gasteiger partial charge in [-0.15, -0.1) is 0 Å². The van der Waals surface area contributed by atoms with E-state index in [2.05, 4.69) is 19.2 Å². The molecule has 7 nitrogen and oxygen atoms in total. The third-order valence-electron chi connectivity index (χ3n) is 7.02. The standard InChI is InChI=1S/C33H43N3O4S/c1-23(2)20-34-33(38)27(7)35(21-28-10-8-9-26(6)19-28)32(37)22-36(30-15-13-29(14-16-30)24(3)4)41(39,40)31-17-11-25(5)12-18-31/h8-19,23-24,27H,20-22H2,1-7H3,(H,34,38)/t27-/m0/s1. The molecule has 3 rings (SSSR count). The van der Waals surface area contributed by atoms with Gasteiger partial charge >= 0.3 is 0 Å². The molecule has 0 aliphatic carbocycles. The van der Waals surface area contributed by atoms with Crippen molar-refractivity contribution in [3.05, 3.63) is 95.1 Å². The molecule has 0 aliphatic rings. The van der Waals surface area contributed by atoms with Crippen LogP contribution in [-0.4, -0.2) is 44.3 Å². The predicted octanol–water partition coefficient (Wildman–Crippen LogP) is 5.81. The molecule has 0 bridgehead atoms. The second-order valence-electron chi connectivity index (χ2n) is 11.4. The Morgan fingerprint density at radius 3 is 2.02 bits per heavy atom. The summed E-state index contributed by atoms with van der Waals surface area (Å²) in [5, 5.41) is 2.91. The molecular formula is C33H43N3O4S. The van der Waals surface area contributed by atoms with Crippen molar-refractivity contribution in [3.8, 4) is 0 Å². The monoisotopic (exact) mass is 577 g/mol. The van der Waals surface area contributed by atoms with Crippen LogP contribution in [0.2, 0.25) is 0 Å². The SMILES string of the molecule is Cc1ccc(S(=O)(=O)N(CC(=O)N(Cc2cccc(C)c2)[C@@H](C)C(=O)NCC(C)C)c2ccc(C(C)C)cc2)cc1. The summed E-state index contributed by atoms with van der Waals surface area (Å²) in [4.78, 5) is 28.7. The van der Waals surface area contributed by atoms with Gasteiger partial charge in [0.15, 0.2) is 0 Å². The minimum absolute atomic E-state index is 0.0943. The van der Waals surface area contributed by atoms with Crippen molar-refractivity contribution >= 4 is 27.5 Å². The van der Waals surface area contributed by atoms with Crippen LogP contribution < -0.4 is 9.62 Å². The summed E-state index contributed by atoms with van der Waals surface area (Å²) in [7, 11) is -4.09. The number of rotatable bonds is 12. The number of sulfonamides is 1. The fourth-order valence-corrected chi connectivity index (χ4v) is 5.85. The Bertz CT molecular complexity index is 1430. The molecule has 0 heterocycles. The summed E-state index contributed by atoms with van der Waals surface area (Å²) in [6, 6.07) is 20.7. The molecule has 0 aromatic heterocycles. The summed E-state index contributed by atoms with van der Waals surface area (Å²) in [5.41, 5.74) is 4.26. The minimum Gasteiger partial charge on any atom is -0.354 e. The zero-order valence-electron chi connectivity index (χ0n) is 25.2. The first kappa shape index (κ1) is 31.9. The second-order valence-corrected chi connectivity index (χ2v) is 13.3. The summed E-state index contributed by atoms with van der Waals surface area (Å²) in [5.74, 6) is -0.241. The van der Waals surface area contributed by atoms with E-state index < -0.39 is 28.5 Å². The van der Waals surface area contributed by atoms with E-state index in [1.165, 1.54) is 4.90 Å². The number of amides is 2. The third-order valence-corrected chi connectivity index (χ3v) is 8.81. The molecular weight excluding hydrogens is 534 g/mol. The molecule has 0 fully saturated rings. The van der Waals surface area contributed by atoms with Crippen LogP contribution in [0.1, 0.15) is 62.8 Å². The van der Waals surface area contributed by atoms with E-state index >= 15 is 0 Å². The van der Waals surface area contributed by atoms with Crippen molar-refractivity contribution in [2.45, 2.75) is 71.9 Å². The lowest BCUT2D eigenvalue weighted by molar-refractivity contribution is -0.139. The van der Waals surface area contributed by atoms with Gasteiger partial charge in [-0.25, -0.2) is 8.42 Å². The van der Waals surface area contributed by atoms with Crippen LogP contribution in [0.4, 0.5) is 5.69 Å². The van der Waals surface area contributed by atoms with Crippen molar-refractivity contribution in [3.63, 3.8) is 0 Å². The van der Waals surface area contributed by atoms with Gasteiger partial charge in [0.05, 0.1) is 10.6 Å². The summed E-state index contributed by atoms with van der Waals surface area (Å²) in [6.07, 6.45) is 0. The van der Waals surface area contributed by atoms with Crippen molar-refractivity contribution in [1.29, 1.82) is 0 Å². The molecule has 3 aromatic rings. The van der Waals surface area contributed by atoms with E-state index in [4.69, 9.17) is 0 Å². The molecule has 3 aromatic carbocycles. The van der Waals surface area contributed by atoms with E-state index in [1.807, 2.05) is 64.1 Å². The van der Waals surface area contributed by atoms with Crippen LogP contribution in [0.5, 0.6) is 0 Å². The Morgan fingerprint density at radius 2 is 1.46 bits per heavy atom. The zero-order chi connectivity index (χ0) is 30.3.